The van der Waals surface area contributed by atoms with Gasteiger partial charge in [0.15, 0.2) is 0 Å². The van der Waals surface area contributed by atoms with E-state index in [0.29, 0.717) is 0 Å². The summed E-state index contributed by atoms with van der Waals surface area (Å²) in [6.45, 7) is 0. The Morgan fingerprint density at radius 1 is 1.14 bits per heavy atom. The lowest BCUT2D eigenvalue weighted by atomic mass is 10.4. The molecule has 0 heterocycles. The van der Waals surface area contributed by atoms with Crippen LogP contribution in [0.5, 0.6) is 0 Å². The maximum Gasteiger partial charge on any atom is 0.00267 e. The van der Waals surface area contributed by atoms with Crippen molar-refractivity contribution < 1.29 is 0 Å². The van der Waals surface area contributed by atoms with Crippen LogP contribution < -0.4 is 0 Å². The van der Waals surface area contributed by atoms with E-state index in [4.69, 9.17) is 0 Å². The normalized spacial score (nSPS) is 38.6. The summed E-state index contributed by atoms with van der Waals surface area (Å²) in [6.07, 6.45) is 1.51. The first-order valence-electron chi connectivity index (χ1n) is 2.50. The predicted molar refractivity (Wildman–Crippen MR) is 49.4 cm³/mol. The first-order chi connectivity index (χ1) is 3.38. The number of hydrogen-bond donors (Lipinski definition) is 0. The van der Waals surface area contributed by atoms with E-state index in [0.717, 1.165) is 11.8 Å². The Labute approximate surface area is 71.7 Å². The number of rotatable bonds is 2. The average molecular weight is 322 g/mol. The summed E-state index contributed by atoms with van der Waals surface area (Å²) in [6, 6.07) is 0. The zero-order valence-corrected chi connectivity index (χ0v) is 8.35. The van der Waals surface area contributed by atoms with Gasteiger partial charge in [-0.25, -0.2) is 0 Å². The Bertz CT molecular complexity index is 55.1. The van der Waals surface area contributed by atoms with E-state index in [1.54, 1.807) is 0 Å². The van der Waals surface area contributed by atoms with E-state index < -0.39 is 0 Å². The second-order valence-corrected chi connectivity index (χ2v) is 3.83. The summed E-state index contributed by atoms with van der Waals surface area (Å²) in [5.74, 6) is 2.19. The van der Waals surface area contributed by atoms with Crippen molar-refractivity contribution in [2.24, 2.45) is 11.8 Å². The van der Waals surface area contributed by atoms with Crippen LogP contribution >= 0.6 is 45.2 Å². The average Bonchev–Trinajstić information content (AvgIpc) is 2.43. The molecule has 0 saturated heterocycles. The van der Waals surface area contributed by atoms with Crippen molar-refractivity contribution in [3.05, 3.63) is 0 Å². The molecule has 0 aromatic heterocycles. The van der Waals surface area contributed by atoms with Gasteiger partial charge in [0.25, 0.3) is 0 Å². The molecular weight excluding hydrogens is 314 g/mol. The molecule has 1 aliphatic carbocycles. The molecular formula is C5H8I2. The van der Waals surface area contributed by atoms with Crippen molar-refractivity contribution >= 4 is 45.2 Å². The topological polar surface area (TPSA) is 0 Å². The van der Waals surface area contributed by atoms with Crippen molar-refractivity contribution in [2.45, 2.75) is 6.42 Å². The lowest BCUT2D eigenvalue weighted by Gasteiger charge is -1.83. The molecule has 0 aromatic carbocycles. The SMILES string of the molecule is ICC1C[C@@H]1CI. The maximum absolute atomic E-state index is 2.48. The fourth-order valence-electron chi connectivity index (χ4n) is 0.688. The Kier molecular flexibility index (Phi) is 2.67. The van der Waals surface area contributed by atoms with Gasteiger partial charge in [-0.15, -0.1) is 0 Å². The highest BCUT2D eigenvalue weighted by Gasteiger charge is 2.34. The maximum atomic E-state index is 2.48. The summed E-state index contributed by atoms with van der Waals surface area (Å²) in [5.41, 5.74) is 0. The van der Waals surface area contributed by atoms with Gasteiger partial charge < -0.3 is 0 Å². The van der Waals surface area contributed by atoms with E-state index in [2.05, 4.69) is 45.2 Å². The number of hydrogen-bond acceptors (Lipinski definition) is 0. The van der Waals surface area contributed by atoms with Crippen LogP contribution in [0.25, 0.3) is 0 Å². The standard InChI is InChI=1S/C5H8I2/c6-2-4-1-5(4)3-7/h4-5H,1-3H2/t4-,5?/m1/s1. The van der Waals surface area contributed by atoms with E-state index in [-0.39, 0.29) is 0 Å². The second kappa shape index (κ2) is 2.85. The van der Waals surface area contributed by atoms with Crippen LogP contribution in [0.3, 0.4) is 0 Å². The van der Waals surface area contributed by atoms with Gasteiger partial charge in [-0.1, -0.05) is 45.2 Å². The third kappa shape index (κ3) is 1.69. The van der Waals surface area contributed by atoms with Crippen LogP contribution in [0.4, 0.5) is 0 Å². The fourth-order valence-corrected chi connectivity index (χ4v) is 2.85. The van der Waals surface area contributed by atoms with Gasteiger partial charge in [-0.05, 0) is 18.3 Å². The molecule has 42 valence electrons. The molecule has 0 aromatic rings. The van der Waals surface area contributed by atoms with Crippen molar-refractivity contribution in [3.63, 3.8) is 0 Å². The zero-order chi connectivity index (χ0) is 5.28. The molecule has 1 aliphatic rings. The molecule has 1 unspecified atom stereocenters. The lowest BCUT2D eigenvalue weighted by Crippen LogP contribution is -1.81. The molecule has 7 heavy (non-hydrogen) atoms. The molecule has 1 fully saturated rings. The van der Waals surface area contributed by atoms with Crippen molar-refractivity contribution in [1.29, 1.82) is 0 Å². The van der Waals surface area contributed by atoms with Crippen molar-refractivity contribution in [1.82, 2.24) is 0 Å². The van der Waals surface area contributed by atoms with E-state index in [9.17, 15) is 0 Å². The van der Waals surface area contributed by atoms with Crippen LogP contribution in [0.15, 0.2) is 0 Å². The summed E-state index contributed by atoms with van der Waals surface area (Å²) in [5, 5.41) is 0. The minimum atomic E-state index is 1.09. The molecule has 0 N–H and O–H groups in total. The zero-order valence-electron chi connectivity index (χ0n) is 4.03. The van der Waals surface area contributed by atoms with E-state index in [1.165, 1.54) is 15.3 Å². The van der Waals surface area contributed by atoms with Crippen LogP contribution in [0, 0.1) is 11.8 Å². The molecule has 0 spiro atoms. The summed E-state index contributed by atoms with van der Waals surface area (Å²) in [7, 11) is 0. The number of alkyl halides is 2. The van der Waals surface area contributed by atoms with Crippen LogP contribution in [0.2, 0.25) is 0 Å². The highest BCUT2D eigenvalue weighted by Crippen LogP contribution is 2.40. The van der Waals surface area contributed by atoms with E-state index >= 15 is 0 Å². The summed E-state index contributed by atoms with van der Waals surface area (Å²) < 4.78 is 2.76. The highest BCUT2D eigenvalue weighted by molar-refractivity contribution is 14.1. The Morgan fingerprint density at radius 3 is 1.71 bits per heavy atom. The first-order valence-corrected chi connectivity index (χ1v) is 5.55. The molecule has 1 saturated carbocycles. The third-order valence-electron chi connectivity index (χ3n) is 1.47. The van der Waals surface area contributed by atoms with E-state index in [1.807, 2.05) is 0 Å². The van der Waals surface area contributed by atoms with Gasteiger partial charge in [-0.2, -0.15) is 0 Å². The highest BCUT2D eigenvalue weighted by atomic mass is 127. The minimum Gasteiger partial charge on any atom is -0.0861 e. The Balaban J connectivity index is 2.06. The molecule has 2 atom stereocenters. The van der Waals surface area contributed by atoms with Crippen molar-refractivity contribution in [3.8, 4) is 0 Å². The summed E-state index contributed by atoms with van der Waals surface area (Å²) >= 11 is 4.95. The largest absolute Gasteiger partial charge is 0.0861 e. The van der Waals surface area contributed by atoms with Gasteiger partial charge in [0, 0.05) is 8.86 Å². The second-order valence-electron chi connectivity index (χ2n) is 2.06. The van der Waals surface area contributed by atoms with Crippen LogP contribution in [0.1, 0.15) is 6.42 Å². The monoisotopic (exact) mass is 322 g/mol. The Morgan fingerprint density at radius 2 is 1.57 bits per heavy atom. The van der Waals surface area contributed by atoms with Crippen molar-refractivity contribution in [2.75, 3.05) is 8.86 Å². The molecule has 0 aliphatic heterocycles. The van der Waals surface area contributed by atoms with Crippen LogP contribution in [-0.2, 0) is 0 Å². The fraction of sp³-hybridized carbons (Fsp3) is 1.00. The third-order valence-corrected chi connectivity index (χ3v) is 3.73. The van der Waals surface area contributed by atoms with Gasteiger partial charge in [0.2, 0.25) is 0 Å². The van der Waals surface area contributed by atoms with Crippen LogP contribution in [-0.4, -0.2) is 8.86 Å². The molecule has 1 rings (SSSR count). The minimum absolute atomic E-state index is 1.09. The molecule has 0 bridgehead atoms. The smallest absolute Gasteiger partial charge is 0.00267 e. The molecule has 0 amide bonds. The Hall–Kier alpha value is 1.46. The van der Waals surface area contributed by atoms with Gasteiger partial charge in [0.05, 0.1) is 0 Å². The lowest BCUT2D eigenvalue weighted by molar-refractivity contribution is 0.878. The molecule has 0 radical (unpaired) electrons. The predicted octanol–water partition coefficient (Wildman–Crippen LogP) is 2.49. The van der Waals surface area contributed by atoms with Gasteiger partial charge >= 0.3 is 0 Å². The van der Waals surface area contributed by atoms with Gasteiger partial charge in [-0.3, -0.25) is 0 Å². The van der Waals surface area contributed by atoms with Gasteiger partial charge in [0.1, 0.15) is 0 Å². The first kappa shape index (κ1) is 6.58. The quantitative estimate of drug-likeness (QED) is 0.541. The molecule has 2 heteroatoms. The number of halogens is 2. The molecule has 0 nitrogen and oxygen atoms in total. The summed E-state index contributed by atoms with van der Waals surface area (Å²) in [4.78, 5) is 0.